The predicted molar refractivity (Wildman–Crippen MR) is 106 cm³/mol. The molecule has 130 valence electrons. The molecule has 0 radical (unpaired) electrons. The molecule has 0 aliphatic rings. The maximum absolute atomic E-state index is 12.9. The summed E-state index contributed by atoms with van der Waals surface area (Å²) in [7, 11) is -3.68. The summed E-state index contributed by atoms with van der Waals surface area (Å²) in [5.41, 5.74) is 3.06. The molecule has 0 bridgehead atoms. The van der Waals surface area contributed by atoms with Crippen LogP contribution < -0.4 is 4.72 Å². The lowest BCUT2D eigenvalue weighted by Crippen LogP contribution is -2.14. The maximum atomic E-state index is 12.9. The minimum Gasteiger partial charge on any atom is -0.279 e. The fourth-order valence-electron chi connectivity index (χ4n) is 3.28. The first-order valence-electron chi connectivity index (χ1n) is 8.32. The quantitative estimate of drug-likeness (QED) is 0.532. The molecule has 0 atom stereocenters. The Kier molecular flexibility index (Phi) is 3.89. The Bertz CT molecular complexity index is 1250. The molecule has 4 rings (SSSR count). The van der Waals surface area contributed by atoms with Gasteiger partial charge in [0.25, 0.3) is 10.0 Å². The van der Waals surface area contributed by atoms with E-state index in [1.807, 2.05) is 49.4 Å². The molecule has 0 saturated carbocycles. The normalized spacial score (nSPS) is 11.8. The summed E-state index contributed by atoms with van der Waals surface area (Å²) in [6.45, 7) is 3.75. The van der Waals surface area contributed by atoms with Crippen molar-refractivity contribution in [3.63, 3.8) is 0 Å². The molecular weight excluding hydrogens is 344 g/mol. The number of nitrogens with zero attached hydrogens (tertiary/aromatic N) is 1. The largest absolute Gasteiger partial charge is 0.279 e. The van der Waals surface area contributed by atoms with E-state index in [9.17, 15) is 8.42 Å². The number of hydrogen-bond donors (Lipinski definition) is 1. The Balaban J connectivity index is 1.86. The molecule has 0 aliphatic heterocycles. The zero-order chi connectivity index (χ0) is 18.3. The van der Waals surface area contributed by atoms with E-state index in [2.05, 4.69) is 9.71 Å². The lowest BCUT2D eigenvalue weighted by molar-refractivity contribution is 0.600. The number of hydrogen-bond acceptors (Lipinski definition) is 3. The highest BCUT2D eigenvalue weighted by atomic mass is 32.2. The van der Waals surface area contributed by atoms with Gasteiger partial charge < -0.3 is 0 Å². The van der Waals surface area contributed by atoms with E-state index >= 15 is 0 Å². The molecule has 0 spiro atoms. The lowest BCUT2D eigenvalue weighted by Gasteiger charge is -2.13. The number of anilines is 1. The molecule has 5 heteroatoms. The molecule has 0 saturated heterocycles. The van der Waals surface area contributed by atoms with Gasteiger partial charge in [0.2, 0.25) is 0 Å². The first-order chi connectivity index (χ1) is 12.5. The number of pyridine rings is 1. The van der Waals surface area contributed by atoms with Crippen LogP contribution in [-0.4, -0.2) is 13.4 Å². The molecule has 3 aromatic carbocycles. The number of fused-ring (bicyclic) bond motifs is 3. The third kappa shape index (κ3) is 2.80. The van der Waals surface area contributed by atoms with Crippen molar-refractivity contribution in [3.8, 4) is 0 Å². The van der Waals surface area contributed by atoms with Gasteiger partial charge in [-0.25, -0.2) is 8.42 Å². The van der Waals surface area contributed by atoms with Gasteiger partial charge in [-0.05, 0) is 36.9 Å². The van der Waals surface area contributed by atoms with Crippen molar-refractivity contribution in [2.24, 2.45) is 0 Å². The molecule has 26 heavy (non-hydrogen) atoms. The van der Waals surface area contributed by atoms with Crippen LogP contribution in [0.25, 0.3) is 21.7 Å². The summed E-state index contributed by atoms with van der Waals surface area (Å²) in [4.78, 5) is 4.75. The van der Waals surface area contributed by atoms with Crippen LogP contribution >= 0.6 is 0 Å². The molecule has 1 N–H and O–H groups in total. The molecule has 1 heterocycles. The van der Waals surface area contributed by atoms with Crippen molar-refractivity contribution in [2.45, 2.75) is 18.7 Å². The monoisotopic (exact) mass is 362 g/mol. The zero-order valence-corrected chi connectivity index (χ0v) is 15.3. The van der Waals surface area contributed by atoms with Gasteiger partial charge in [0.05, 0.1) is 16.1 Å². The number of aromatic nitrogens is 1. The molecule has 4 aromatic rings. The van der Waals surface area contributed by atoms with E-state index < -0.39 is 10.0 Å². The molecule has 0 fully saturated rings. The Morgan fingerprint density at radius 3 is 2.50 bits per heavy atom. The fourth-order valence-corrected chi connectivity index (χ4v) is 4.58. The van der Waals surface area contributed by atoms with Gasteiger partial charge in [-0.2, -0.15) is 0 Å². The van der Waals surface area contributed by atoms with E-state index in [1.54, 1.807) is 31.3 Å². The van der Waals surface area contributed by atoms with Crippen LogP contribution in [0.3, 0.4) is 0 Å². The second kappa shape index (κ2) is 6.11. The van der Waals surface area contributed by atoms with Crippen molar-refractivity contribution in [1.29, 1.82) is 0 Å². The molecular formula is C21H18N2O2S. The van der Waals surface area contributed by atoms with Crippen LogP contribution in [0.1, 0.15) is 11.1 Å². The van der Waals surface area contributed by atoms with Crippen molar-refractivity contribution < 1.29 is 8.42 Å². The minimum atomic E-state index is -3.68. The Labute approximate surface area is 152 Å². The highest BCUT2D eigenvalue weighted by Crippen LogP contribution is 2.30. The van der Waals surface area contributed by atoms with Crippen molar-refractivity contribution in [1.82, 2.24) is 4.98 Å². The van der Waals surface area contributed by atoms with Crippen LogP contribution in [0, 0.1) is 13.8 Å². The van der Waals surface area contributed by atoms with Gasteiger partial charge in [-0.3, -0.25) is 9.71 Å². The Morgan fingerprint density at radius 1 is 0.885 bits per heavy atom. The first kappa shape index (κ1) is 16.5. The first-order valence-corrected chi connectivity index (χ1v) is 9.80. The van der Waals surface area contributed by atoms with Gasteiger partial charge in [-0.15, -0.1) is 0 Å². The van der Waals surface area contributed by atoms with E-state index in [1.165, 1.54) is 0 Å². The maximum Gasteiger partial charge on any atom is 0.262 e. The molecule has 0 unspecified atom stereocenters. The predicted octanol–water partition coefficient (Wildman–Crippen LogP) is 4.81. The SMILES string of the molecule is Cc1ccc(S(=O)(=O)Nc2ccnc3c2ccc2ccccc23)c(C)c1. The van der Waals surface area contributed by atoms with Crippen LogP contribution in [0.2, 0.25) is 0 Å². The summed E-state index contributed by atoms with van der Waals surface area (Å²) >= 11 is 0. The zero-order valence-electron chi connectivity index (χ0n) is 14.5. The van der Waals surface area contributed by atoms with Gasteiger partial charge in [0, 0.05) is 17.0 Å². The van der Waals surface area contributed by atoms with Crippen LogP contribution in [-0.2, 0) is 10.0 Å². The smallest absolute Gasteiger partial charge is 0.262 e. The van der Waals surface area contributed by atoms with E-state index in [0.29, 0.717) is 5.69 Å². The standard InChI is InChI=1S/C21H18N2O2S/c1-14-7-10-20(15(2)13-14)26(24,25)23-19-11-12-22-21-17-6-4-3-5-16(17)8-9-18(19)21/h3-13H,1-2H3,(H,22,23). The fraction of sp³-hybridized carbons (Fsp3) is 0.0952. The van der Waals surface area contributed by atoms with Gasteiger partial charge in [0.15, 0.2) is 0 Å². The second-order valence-corrected chi connectivity index (χ2v) is 8.07. The topological polar surface area (TPSA) is 59.1 Å². The van der Waals surface area contributed by atoms with Gasteiger partial charge >= 0.3 is 0 Å². The molecule has 4 nitrogen and oxygen atoms in total. The lowest BCUT2D eigenvalue weighted by atomic mass is 10.1. The van der Waals surface area contributed by atoms with Crippen LogP contribution in [0.5, 0.6) is 0 Å². The van der Waals surface area contributed by atoms with Gasteiger partial charge in [-0.1, -0.05) is 54.1 Å². The average Bonchev–Trinajstić information content (AvgIpc) is 2.61. The Hall–Kier alpha value is -2.92. The Morgan fingerprint density at radius 2 is 1.69 bits per heavy atom. The summed E-state index contributed by atoms with van der Waals surface area (Å²) in [6.07, 6.45) is 1.63. The minimum absolute atomic E-state index is 0.286. The van der Waals surface area contributed by atoms with E-state index in [4.69, 9.17) is 0 Å². The van der Waals surface area contributed by atoms with E-state index in [0.717, 1.165) is 32.8 Å². The summed E-state index contributed by atoms with van der Waals surface area (Å²) < 4.78 is 28.6. The summed E-state index contributed by atoms with van der Waals surface area (Å²) in [5.74, 6) is 0. The number of aryl methyl sites for hydroxylation is 2. The molecule has 0 aliphatic carbocycles. The molecule has 0 amide bonds. The van der Waals surface area contributed by atoms with Crippen LogP contribution in [0.4, 0.5) is 5.69 Å². The number of nitrogens with one attached hydrogen (secondary N) is 1. The highest BCUT2D eigenvalue weighted by Gasteiger charge is 2.18. The number of benzene rings is 3. The van der Waals surface area contributed by atoms with Crippen molar-refractivity contribution >= 4 is 37.4 Å². The summed E-state index contributed by atoms with van der Waals surface area (Å²) in [5, 5.41) is 2.85. The third-order valence-electron chi connectivity index (χ3n) is 4.50. The van der Waals surface area contributed by atoms with Crippen molar-refractivity contribution in [2.75, 3.05) is 4.72 Å². The number of sulfonamides is 1. The van der Waals surface area contributed by atoms with E-state index in [-0.39, 0.29) is 4.90 Å². The average molecular weight is 362 g/mol. The second-order valence-electron chi connectivity index (χ2n) is 6.42. The highest BCUT2D eigenvalue weighted by molar-refractivity contribution is 7.92. The van der Waals surface area contributed by atoms with Crippen LogP contribution in [0.15, 0.2) is 71.8 Å². The molecule has 1 aromatic heterocycles. The summed E-state index contributed by atoms with van der Waals surface area (Å²) in [6, 6.07) is 18.8. The number of rotatable bonds is 3. The van der Waals surface area contributed by atoms with Crippen molar-refractivity contribution in [3.05, 3.63) is 78.0 Å². The third-order valence-corrected chi connectivity index (χ3v) is 6.03. The van der Waals surface area contributed by atoms with Gasteiger partial charge in [0.1, 0.15) is 0 Å².